The zero-order valence-electron chi connectivity index (χ0n) is 13.7. The van der Waals surface area contributed by atoms with E-state index in [0.717, 1.165) is 21.8 Å². The second-order valence-electron chi connectivity index (χ2n) is 5.74. The maximum atomic E-state index is 12.5. The molecule has 0 aliphatic heterocycles. The van der Waals surface area contributed by atoms with Crippen molar-refractivity contribution >= 4 is 33.3 Å². The second kappa shape index (κ2) is 6.28. The highest BCUT2D eigenvalue weighted by molar-refractivity contribution is 6.03. The SMILES string of the molecule is COc1ccc2onc(CC(=O)Nc3cccc4ccccc34)c2c1. The maximum Gasteiger partial charge on any atom is 0.230 e. The Kier molecular flexibility index (Phi) is 3.82. The smallest absolute Gasteiger partial charge is 0.230 e. The number of amides is 1. The van der Waals surface area contributed by atoms with Gasteiger partial charge in [0.05, 0.1) is 13.5 Å². The predicted octanol–water partition coefficient (Wildman–Crippen LogP) is 4.17. The van der Waals surface area contributed by atoms with Crippen LogP contribution in [0.5, 0.6) is 5.75 Å². The van der Waals surface area contributed by atoms with Gasteiger partial charge in [-0.1, -0.05) is 41.6 Å². The quantitative estimate of drug-likeness (QED) is 0.609. The molecule has 0 saturated carbocycles. The van der Waals surface area contributed by atoms with Gasteiger partial charge in [0.1, 0.15) is 11.4 Å². The number of hydrogen-bond acceptors (Lipinski definition) is 4. The Balaban J connectivity index is 1.60. The topological polar surface area (TPSA) is 64.4 Å². The highest BCUT2D eigenvalue weighted by atomic mass is 16.5. The second-order valence-corrected chi connectivity index (χ2v) is 5.74. The molecule has 0 aliphatic rings. The van der Waals surface area contributed by atoms with Crippen LogP contribution in [0.25, 0.3) is 21.7 Å². The highest BCUT2D eigenvalue weighted by Gasteiger charge is 2.14. The summed E-state index contributed by atoms with van der Waals surface area (Å²) in [6.45, 7) is 0. The van der Waals surface area contributed by atoms with Crippen LogP contribution < -0.4 is 10.1 Å². The number of methoxy groups -OCH3 is 1. The molecule has 4 aromatic rings. The zero-order valence-corrected chi connectivity index (χ0v) is 13.7. The van der Waals surface area contributed by atoms with Crippen LogP contribution in [0, 0.1) is 0 Å². The van der Waals surface area contributed by atoms with Crippen LogP contribution in [0.3, 0.4) is 0 Å². The van der Waals surface area contributed by atoms with Gasteiger partial charge in [-0.2, -0.15) is 0 Å². The molecular formula is C20H16N2O3. The molecule has 1 aromatic heterocycles. The summed E-state index contributed by atoms with van der Waals surface area (Å²) in [5.74, 6) is 0.556. The van der Waals surface area contributed by atoms with Crippen molar-refractivity contribution in [2.45, 2.75) is 6.42 Å². The number of nitrogens with zero attached hydrogens (tertiary/aromatic N) is 1. The Hall–Kier alpha value is -3.34. The molecule has 1 amide bonds. The number of benzene rings is 3. The van der Waals surface area contributed by atoms with E-state index in [0.29, 0.717) is 17.0 Å². The molecule has 0 fully saturated rings. The number of carbonyl (C=O) groups excluding carboxylic acids is 1. The first-order valence-corrected chi connectivity index (χ1v) is 7.94. The molecule has 5 heteroatoms. The number of hydrogen-bond donors (Lipinski definition) is 1. The van der Waals surface area contributed by atoms with E-state index in [9.17, 15) is 4.79 Å². The molecule has 124 valence electrons. The number of fused-ring (bicyclic) bond motifs is 2. The summed E-state index contributed by atoms with van der Waals surface area (Å²) in [5.41, 5.74) is 2.01. The molecule has 3 aromatic carbocycles. The van der Waals surface area contributed by atoms with E-state index in [2.05, 4.69) is 10.5 Å². The van der Waals surface area contributed by atoms with Crippen molar-refractivity contribution in [3.63, 3.8) is 0 Å². The van der Waals surface area contributed by atoms with E-state index in [-0.39, 0.29) is 12.3 Å². The van der Waals surface area contributed by atoms with E-state index >= 15 is 0 Å². The van der Waals surface area contributed by atoms with E-state index in [4.69, 9.17) is 9.26 Å². The van der Waals surface area contributed by atoms with Crippen molar-refractivity contribution in [2.75, 3.05) is 12.4 Å². The molecule has 0 unspecified atom stereocenters. The molecule has 25 heavy (non-hydrogen) atoms. The number of rotatable bonds is 4. The third kappa shape index (κ3) is 2.92. The fraction of sp³-hybridized carbons (Fsp3) is 0.100. The van der Waals surface area contributed by atoms with E-state index in [1.54, 1.807) is 19.2 Å². The van der Waals surface area contributed by atoms with Crippen LogP contribution in [0.4, 0.5) is 5.69 Å². The van der Waals surface area contributed by atoms with Crippen LogP contribution in [-0.4, -0.2) is 18.2 Å². The first-order chi connectivity index (χ1) is 12.2. The summed E-state index contributed by atoms with van der Waals surface area (Å²) in [6.07, 6.45) is 0.128. The minimum absolute atomic E-state index is 0.128. The molecular weight excluding hydrogens is 316 g/mol. The summed E-state index contributed by atoms with van der Waals surface area (Å²) in [5, 5.41) is 9.86. The summed E-state index contributed by atoms with van der Waals surface area (Å²) in [4.78, 5) is 12.5. The van der Waals surface area contributed by atoms with Gasteiger partial charge in [-0.3, -0.25) is 4.79 Å². The minimum atomic E-state index is -0.144. The van der Waals surface area contributed by atoms with Crippen LogP contribution in [0.2, 0.25) is 0 Å². The normalized spacial score (nSPS) is 10.9. The highest BCUT2D eigenvalue weighted by Crippen LogP contribution is 2.26. The van der Waals surface area contributed by atoms with E-state index in [1.165, 1.54) is 0 Å². The predicted molar refractivity (Wildman–Crippen MR) is 96.8 cm³/mol. The third-order valence-corrected chi connectivity index (χ3v) is 4.14. The lowest BCUT2D eigenvalue weighted by molar-refractivity contribution is -0.115. The molecule has 4 rings (SSSR count). The van der Waals surface area contributed by atoms with Crippen LogP contribution >= 0.6 is 0 Å². The Morgan fingerprint density at radius 1 is 1.08 bits per heavy atom. The molecule has 5 nitrogen and oxygen atoms in total. The van der Waals surface area contributed by atoms with Crippen molar-refractivity contribution in [2.24, 2.45) is 0 Å². The summed E-state index contributed by atoms with van der Waals surface area (Å²) < 4.78 is 10.5. The van der Waals surface area contributed by atoms with Crippen LogP contribution in [-0.2, 0) is 11.2 Å². The van der Waals surface area contributed by atoms with Gasteiger partial charge in [0, 0.05) is 16.5 Å². The van der Waals surface area contributed by atoms with Crippen molar-refractivity contribution in [1.82, 2.24) is 5.16 Å². The van der Waals surface area contributed by atoms with Gasteiger partial charge in [-0.15, -0.1) is 0 Å². The first-order valence-electron chi connectivity index (χ1n) is 7.94. The Labute approximate surface area is 144 Å². The standard InChI is InChI=1S/C20H16N2O3/c1-24-14-9-10-19-16(11-14)18(22-25-19)12-20(23)21-17-8-4-6-13-5-2-3-7-15(13)17/h2-11H,12H2,1H3,(H,21,23). The van der Waals surface area contributed by atoms with Crippen molar-refractivity contribution < 1.29 is 14.1 Å². The zero-order chi connectivity index (χ0) is 17.2. The molecule has 0 radical (unpaired) electrons. The Morgan fingerprint density at radius 3 is 2.80 bits per heavy atom. The van der Waals surface area contributed by atoms with Crippen molar-refractivity contribution in [3.05, 3.63) is 66.4 Å². The van der Waals surface area contributed by atoms with E-state index in [1.807, 2.05) is 48.5 Å². The molecule has 0 atom stereocenters. The van der Waals surface area contributed by atoms with Gasteiger partial charge in [-0.05, 0) is 29.7 Å². The third-order valence-electron chi connectivity index (χ3n) is 4.14. The Bertz CT molecular complexity index is 1060. The maximum absolute atomic E-state index is 12.5. The van der Waals surface area contributed by atoms with Gasteiger partial charge in [0.2, 0.25) is 5.91 Å². The lowest BCUT2D eigenvalue weighted by atomic mass is 10.1. The molecule has 0 spiro atoms. The fourth-order valence-electron chi connectivity index (χ4n) is 2.90. The number of nitrogens with one attached hydrogen (secondary N) is 1. The van der Waals surface area contributed by atoms with Gasteiger partial charge in [0.25, 0.3) is 0 Å². The molecule has 0 aliphatic carbocycles. The first kappa shape index (κ1) is 15.2. The van der Waals surface area contributed by atoms with Gasteiger partial charge < -0.3 is 14.6 Å². The fourth-order valence-corrected chi connectivity index (χ4v) is 2.90. The van der Waals surface area contributed by atoms with Crippen LogP contribution in [0.15, 0.2) is 65.2 Å². The number of ether oxygens (including phenoxy) is 1. The molecule has 1 N–H and O–H groups in total. The summed E-state index contributed by atoms with van der Waals surface area (Å²) in [7, 11) is 1.60. The van der Waals surface area contributed by atoms with Crippen LogP contribution in [0.1, 0.15) is 5.69 Å². The van der Waals surface area contributed by atoms with Crippen molar-refractivity contribution in [3.8, 4) is 5.75 Å². The largest absolute Gasteiger partial charge is 0.497 e. The molecule has 0 saturated heterocycles. The monoisotopic (exact) mass is 332 g/mol. The minimum Gasteiger partial charge on any atom is -0.497 e. The number of anilines is 1. The molecule has 1 heterocycles. The molecule has 0 bridgehead atoms. The van der Waals surface area contributed by atoms with E-state index < -0.39 is 0 Å². The summed E-state index contributed by atoms with van der Waals surface area (Å²) >= 11 is 0. The van der Waals surface area contributed by atoms with Gasteiger partial charge >= 0.3 is 0 Å². The average molecular weight is 332 g/mol. The lowest BCUT2D eigenvalue weighted by Crippen LogP contribution is -2.15. The van der Waals surface area contributed by atoms with Gasteiger partial charge in [0.15, 0.2) is 5.58 Å². The number of aromatic nitrogens is 1. The number of carbonyl (C=O) groups is 1. The summed E-state index contributed by atoms with van der Waals surface area (Å²) in [6, 6.07) is 19.2. The lowest BCUT2D eigenvalue weighted by Gasteiger charge is -2.08. The Morgan fingerprint density at radius 2 is 1.92 bits per heavy atom. The van der Waals surface area contributed by atoms with Crippen molar-refractivity contribution in [1.29, 1.82) is 0 Å². The van der Waals surface area contributed by atoms with Gasteiger partial charge in [-0.25, -0.2) is 0 Å². The average Bonchev–Trinajstić information content (AvgIpc) is 3.04.